The zero-order valence-corrected chi connectivity index (χ0v) is 8.12. The summed E-state index contributed by atoms with van der Waals surface area (Å²) < 4.78 is 10.2. The predicted molar refractivity (Wildman–Crippen MR) is 48.9 cm³/mol. The standard InChI is InChI=1S/C10H17O3/c1-2-12-8-7-10(11)13-9-5-3-4-6-9/h2,9H,3-8H2,1H3. The van der Waals surface area contributed by atoms with E-state index >= 15 is 0 Å². The highest BCUT2D eigenvalue weighted by Crippen LogP contribution is 2.21. The monoisotopic (exact) mass is 185 g/mol. The molecule has 0 bridgehead atoms. The van der Waals surface area contributed by atoms with Crippen molar-refractivity contribution in [3.8, 4) is 0 Å². The summed E-state index contributed by atoms with van der Waals surface area (Å²) in [6.45, 7) is 3.81. The third-order valence-electron chi connectivity index (χ3n) is 2.19. The summed E-state index contributed by atoms with van der Waals surface area (Å²) in [5, 5.41) is 0. The van der Waals surface area contributed by atoms with Crippen molar-refractivity contribution in [1.82, 2.24) is 0 Å². The molecule has 0 spiro atoms. The van der Waals surface area contributed by atoms with Gasteiger partial charge in [-0.2, -0.15) is 0 Å². The molecule has 1 saturated carbocycles. The van der Waals surface area contributed by atoms with Gasteiger partial charge in [0.2, 0.25) is 0 Å². The molecule has 0 N–H and O–H groups in total. The van der Waals surface area contributed by atoms with Crippen LogP contribution in [0.1, 0.15) is 39.0 Å². The van der Waals surface area contributed by atoms with E-state index in [1.807, 2.05) is 0 Å². The predicted octanol–water partition coefficient (Wildman–Crippen LogP) is 2.06. The molecule has 1 radical (unpaired) electrons. The summed E-state index contributed by atoms with van der Waals surface area (Å²) in [6, 6.07) is 0. The lowest BCUT2D eigenvalue weighted by molar-refractivity contribution is -0.149. The van der Waals surface area contributed by atoms with Crippen molar-refractivity contribution in [2.24, 2.45) is 0 Å². The van der Waals surface area contributed by atoms with Crippen LogP contribution in [0.25, 0.3) is 0 Å². The molecule has 1 aliphatic carbocycles. The summed E-state index contributed by atoms with van der Waals surface area (Å²) in [5.41, 5.74) is 0. The third kappa shape index (κ3) is 4.27. The molecule has 1 fully saturated rings. The average Bonchev–Trinajstić information content (AvgIpc) is 2.57. The second-order valence-electron chi connectivity index (χ2n) is 3.25. The Balaban J connectivity index is 2.02. The van der Waals surface area contributed by atoms with Crippen LogP contribution in [0.3, 0.4) is 0 Å². The highest BCUT2D eigenvalue weighted by atomic mass is 16.5. The molecule has 0 heterocycles. The van der Waals surface area contributed by atoms with Crippen LogP contribution >= 0.6 is 0 Å². The maximum absolute atomic E-state index is 11.2. The molecule has 0 aliphatic heterocycles. The van der Waals surface area contributed by atoms with Gasteiger partial charge in [0, 0.05) is 0 Å². The first-order valence-electron chi connectivity index (χ1n) is 4.92. The van der Waals surface area contributed by atoms with Gasteiger partial charge in [0.25, 0.3) is 0 Å². The summed E-state index contributed by atoms with van der Waals surface area (Å²) in [6.07, 6.45) is 4.99. The number of ether oxygens (including phenoxy) is 2. The minimum atomic E-state index is -0.131. The fraction of sp³-hybridized carbons (Fsp3) is 0.800. The molecule has 1 rings (SSSR count). The lowest BCUT2D eigenvalue weighted by atomic mass is 10.3. The van der Waals surface area contributed by atoms with E-state index in [1.165, 1.54) is 12.8 Å². The van der Waals surface area contributed by atoms with Gasteiger partial charge in [-0.15, -0.1) is 0 Å². The van der Waals surface area contributed by atoms with E-state index < -0.39 is 0 Å². The van der Waals surface area contributed by atoms with Gasteiger partial charge >= 0.3 is 5.97 Å². The molecule has 0 aromatic rings. The van der Waals surface area contributed by atoms with Crippen molar-refractivity contribution in [1.29, 1.82) is 0 Å². The molecule has 0 amide bonds. The normalized spacial score (nSPS) is 17.6. The average molecular weight is 185 g/mol. The molecule has 1 aliphatic rings. The van der Waals surface area contributed by atoms with Crippen LogP contribution in [-0.4, -0.2) is 18.7 Å². The van der Waals surface area contributed by atoms with Gasteiger partial charge in [-0.3, -0.25) is 4.79 Å². The van der Waals surface area contributed by atoms with Crippen molar-refractivity contribution in [3.05, 3.63) is 6.61 Å². The fourth-order valence-electron chi connectivity index (χ4n) is 1.51. The van der Waals surface area contributed by atoms with Crippen molar-refractivity contribution >= 4 is 5.97 Å². The maximum Gasteiger partial charge on any atom is 0.308 e. The highest BCUT2D eigenvalue weighted by Gasteiger charge is 2.18. The summed E-state index contributed by atoms with van der Waals surface area (Å²) in [4.78, 5) is 11.2. The van der Waals surface area contributed by atoms with Crippen molar-refractivity contribution in [3.63, 3.8) is 0 Å². The molecule has 0 aromatic heterocycles. The Morgan fingerprint density at radius 2 is 2.15 bits per heavy atom. The number of hydrogen-bond donors (Lipinski definition) is 0. The van der Waals surface area contributed by atoms with Gasteiger partial charge in [-0.1, -0.05) is 0 Å². The SMILES string of the molecule is C[CH]OCCC(=O)OC1CCCC1. The van der Waals surface area contributed by atoms with E-state index in [1.54, 1.807) is 13.5 Å². The molecule has 0 saturated heterocycles. The summed E-state index contributed by atoms with van der Waals surface area (Å²) in [7, 11) is 0. The van der Waals surface area contributed by atoms with E-state index in [4.69, 9.17) is 9.47 Å². The first-order chi connectivity index (χ1) is 6.33. The highest BCUT2D eigenvalue weighted by molar-refractivity contribution is 5.69. The smallest absolute Gasteiger partial charge is 0.308 e. The minimum Gasteiger partial charge on any atom is -0.462 e. The second-order valence-corrected chi connectivity index (χ2v) is 3.25. The van der Waals surface area contributed by atoms with Crippen LogP contribution in [0.4, 0.5) is 0 Å². The van der Waals surface area contributed by atoms with Crippen LogP contribution in [0.2, 0.25) is 0 Å². The first kappa shape index (κ1) is 10.5. The van der Waals surface area contributed by atoms with Crippen LogP contribution in [0.15, 0.2) is 0 Å². The molecule has 0 unspecified atom stereocenters. The van der Waals surface area contributed by atoms with Crippen molar-refractivity contribution < 1.29 is 14.3 Å². The number of carbonyl (C=O) groups excluding carboxylic acids is 1. The molecular weight excluding hydrogens is 168 g/mol. The van der Waals surface area contributed by atoms with Crippen LogP contribution < -0.4 is 0 Å². The lowest BCUT2D eigenvalue weighted by Crippen LogP contribution is -2.15. The molecule has 3 heteroatoms. The quantitative estimate of drug-likeness (QED) is 0.486. The number of rotatable bonds is 5. The van der Waals surface area contributed by atoms with E-state index in [9.17, 15) is 4.79 Å². The largest absolute Gasteiger partial charge is 0.462 e. The second kappa shape index (κ2) is 5.97. The first-order valence-corrected chi connectivity index (χ1v) is 4.92. The van der Waals surface area contributed by atoms with Crippen LogP contribution in [-0.2, 0) is 14.3 Å². The fourth-order valence-corrected chi connectivity index (χ4v) is 1.51. The Morgan fingerprint density at radius 1 is 1.46 bits per heavy atom. The molecule has 13 heavy (non-hydrogen) atoms. The Hall–Kier alpha value is -0.570. The summed E-state index contributed by atoms with van der Waals surface area (Å²) >= 11 is 0. The molecular formula is C10H17O3. The number of carbonyl (C=O) groups is 1. The Kier molecular flexibility index (Phi) is 4.83. The number of esters is 1. The van der Waals surface area contributed by atoms with E-state index in [-0.39, 0.29) is 12.1 Å². The van der Waals surface area contributed by atoms with Gasteiger partial charge < -0.3 is 9.47 Å². The summed E-state index contributed by atoms with van der Waals surface area (Å²) in [5.74, 6) is -0.131. The Bertz CT molecular complexity index is 150. The topological polar surface area (TPSA) is 35.5 Å². The maximum atomic E-state index is 11.2. The van der Waals surface area contributed by atoms with Gasteiger partial charge in [-0.05, 0) is 32.6 Å². The number of hydrogen-bond acceptors (Lipinski definition) is 3. The van der Waals surface area contributed by atoms with Gasteiger partial charge in [0.15, 0.2) is 0 Å². The zero-order chi connectivity index (χ0) is 9.52. The van der Waals surface area contributed by atoms with E-state index in [0.717, 1.165) is 12.8 Å². The Morgan fingerprint density at radius 3 is 2.77 bits per heavy atom. The van der Waals surface area contributed by atoms with Gasteiger partial charge in [-0.25, -0.2) is 0 Å². The Labute approximate surface area is 79.4 Å². The lowest BCUT2D eigenvalue weighted by Gasteiger charge is -2.10. The third-order valence-corrected chi connectivity index (χ3v) is 2.19. The van der Waals surface area contributed by atoms with Gasteiger partial charge in [0.1, 0.15) is 6.10 Å². The van der Waals surface area contributed by atoms with Gasteiger partial charge in [0.05, 0.1) is 19.6 Å². The molecule has 0 atom stereocenters. The molecule has 0 aromatic carbocycles. The van der Waals surface area contributed by atoms with E-state index in [0.29, 0.717) is 13.0 Å². The van der Waals surface area contributed by atoms with E-state index in [2.05, 4.69) is 0 Å². The van der Waals surface area contributed by atoms with Crippen LogP contribution in [0.5, 0.6) is 0 Å². The minimum absolute atomic E-state index is 0.131. The molecule has 3 nitrogen and oxygen atoms in total. The molecule has 75 valence electrons. The van der Waals surface area contributed by atoms with Crippen molar-refractivity contribution in [2.45, 2.75) is 45.1 Å². The van der Waals surface area contributed by atoms with Crippen molar-refractivity contribution in [2.75, 3.05) is 6.61 Å². The zero-order valence-electron chi connectivity index (χ0n) is 8.12. The van der Waals surface area contributed by atoms with Crippen LogP contribution in [0, 0.1) is 6.61 Å².